The van der Waals surface area contributed by atoms with Crippen molar-refractivity contribution in [1.82, 2.24) is 0 Å². The molecule has 0 spiro atoms. The van der Waals surface area contributed by atoms with E-state index in [1.165, 1.54) is 6.07 Å². The zero-order chi connectivity index (χ0) is 9.30. The molecule has 2 nitrogen and oxygen atoms in total. The fourth-order valence-corrected chi connectivity index (χ4v) is 1.31. The average molecular weight is 204 g/mol. The Labute approximate surface area is 80.3 Å². The molecule has 1 rings (SSSR count). The largest absolute Gasteiger partial charge is 0.366 e. The number of aryl methyl sites for hydroxylation is 1. The second-order valence-electron chi connectivity index (χ2n) is 2.45. The van der Waals surface area contributed by atoms with Crippen LogP contribution in [0.1, 0.15) is 15.9 Å². The molecule has 1 amide bonds. The van der Waals surface area contributed by atoms with Gasteiger partial charge in [-0.2, -0.15) is 0 Å². The molecule has 0 aliphatic heterocycles. The third-order valence-corrected chi connectivity index (χ3v) is 2.23. The SMILES string of the molecule is Cc1cc(Cl)c(C(N)=O)cc1Cl. The quantitative estimate of drug-likeness (QED) is 0.749. The minimum Gasteiger partial charge on any atom is -0.366 e. The number of nitrogens with two attached hydrogens (primary N) is 1. The van der Waals surface area contributed by atoms with Crippen molar-refractivity contribution in [2.75, 3.05) is 0 Å². The molecule has 0 saturated carbocycles. The maximum absolute atomic E-state index is 10.8. The van der Waals surface area contributed by atoms with Gasteiger partial charge in [-0.25, -0.2) is 0 Å². The minimum absolute atomic E-state index is 0.257. The summed E-state index contributed by atoms with van der Waals surface area (Å²) in [5.74, 6) is -0.568. The van der Waals surface area contributed by atoms with Crippen LogP contribution in [0.2, 0.25) is 10.0 Å². The van der Waals surface area contributed by atoms with Crippen molar-refractivity contribution in [3.63, 3.8) is 0 Å². The van der Waals surface area contributed by atoms with Crippen LogP contribution in [0, 0.1) is 6.92 Å². The Bertz CT molecular complexity index is 336. The molecule has 0 unspecified atom stereocenters. The number of primary amides is 1. The Balaban J connectivity index is 3.33. The molecular weight excluding hydrogens is 197 g/mol. The van der Waals surface area contributed by atoms with Crippen LogP contribution in [0.3, 0.4) is 0 Å². The number of carbonyl (C=O) groups is 1. The lowest BCUT2D eigenvalue weighted by atomic mass is 10.1. The lowest BCUT2D eigenvalue weighted by Crippen LogP contribution is -2.11. The van der Waals surface area contributed by atoms with Crippen molar-refractivity contribution in [3.05, 3.63) is 33.3 Å². The Kier molecular flexibility index (Phi) is 2.60. The van der Waals surface area contributed by atoms with Crippen molar-refractivity contribution in [2.45, 2.75) is 6.92 Å². The number of hydrogen-bond donors (Lipinski definition) is 1. The Morgan fingerprint density at radius 3 is 2.42 bits per heavy atom. The smallest absolute Gasteiger partial charge is 0.250 e. The van der Waals surface area contributed by atoms with E-state index in [4.69, 9.17) is 28.9 Å². The summed E-state index contributed by atoms with van der Waals surface area (Å²) in [5, 5.41) is 0.831. The number of halogens is 2. The molecule has 0 atom stereocenters. The summed E-state index contributed by atoms with van der Waals surface area (Å²) in [6.07, 6.45) is 0. The third kappa shape index (κ3) is 1.71. The van der Waals surface area contributed by atoms with Gasteiger partial charge in [0.1, 0.15) is 0 Å². The zero-order valence-corrected chi connectivity index (χ0v) is 7.91. The molecule has 0 aliphatic rings. The number of rotatable bonds is 1. The van der Waals surface area contributed by atoms with E-state index in [9.17, 15) is 4.79 Å². The summed E-state index contributed by atoms with van der Waals surface area (Å²) in [7, 11) is 0. The summed E-state index contributed by atoms with van der Waals surface area (Å²) < 4.78 is 0. The monoisotopic (exact) mass is 203 g/mol. The van der Waals surface area contributed by atoms with Crippen LogP contribution in [-0.4, -0.2) is 5.91 Å². The van der Waals surface area contributed by atoms with Crippen molar-refractivity contribution in [1.29, 1.82) is 0 Å². The van der Waals surface area contributed by atoms with E-state index in [0.29, 0.717) is 10.0 Å². The van der Waals surface area contributed by atoms with Gasteiger partial charge in [0.25, 0.3) is 0 Å². The summed E-state index contributed by atoms with van der Waals surface area (Å²) in [4.78, 5) is 10.8. The van der Waals surface area contributed by atoms with Crippen molar-refractivity contribution in [2.24, 2.45) is 5.73 Å². The van der Waals surface area contributed by atoms with Crippen LogP contribution in [-0.2, 0) is 0 Å². The molecule has 64 valence electrons. The van der Waals surface area contributed by atoms with Gasteiger partial charge in [0, 0.05) is 5.02 Å². The van der Waals surface area contributed by atoms with Crippen molar-refractivity contribution < 1.29 is 4.79 Å². The van der Waals surface area contributed by atoms with Crippen LogP contribution in [0.4, 0.5) is 0 Å². The molecular formula is C8H7Cl2NO. The van der Waals surface area contributed by atoms with Gasteiger partial charge in [-0.15, -0.1) is 0 Å². The normalized spacial score (nSPS) is 9.92. The molecule has 0 aliphatic carbocycles. The maximum Gasteiger partial charge on any atom is 0.250 e. The highest BCUT2D eigenvalue weighted by molar-refractivity contribution is 6.36. The van der Waals surface area contributed by atoms with Crippen LogP contribution in [0.15, 0.2) is 12.1 Å². The molecule has 0 fully saturated rings. The Morgan fingerprint density at radius 2 is 1.92 bits per heavy atom. The first kappa shape index (κ1) is 9.36. The maximum atomic E-state index is 10.8. The van der Waals surface area contributed by atoms with E-state index >= 15 is 0 Å². The molecule has 0 radical (unpaired) electrons. The minimum atomic E-state index is -0.568. The second kappa shape index (κ2) is 3.33. The molecule has 12 heavy (non-hydrogen) atoms. The summed E-state index contributed by atoms with van der Waals surface area (Å²) in [6.45, 7) is 1.80. The van der Waals surface area contributed by atoms with Crippen molar-refractivity contribution >= 4 is 29.1 Å². The Morgan fingerprint density at radius 1 is 1.33 bits per heavy atom. The molecule has 0 aromatic heterocycles. The van der Waals surface area contributed by atoms with Gasteiger partial charge in [-0.1, -0.05) is 23.2 Å². The summed E-state index contributed by atoms with van der Waals surface area (Å²) >= 11 is 11.5. The third-order valence-electron chi connectivity index (χ3n) is 1.51. The molecule has 0 heterocycles. The van der Waals surface area contributed by atoms with Gasteiger partial charge in [0.15, 0.2) is 0 Å². The fourth-order valence-electron chi connectivity index (χ4n) is 0.835. The summed E-state index contributed by atoms with van der Waals surface area (Å²) in [6, 6.07) is 3.09. The molecule has 4 heteroatoms. The van der Waals surface area contributed by atoms with E-state index in [-0.39, 0.29) is 5.56 Å². The predicted molar refractivity (Wildman–Crippen MR) is 49.7 cm³/mol. The van der Waals surface area contributed by atoms with Crippen LogP contribution in [0.25, 0.3) is 0 Å². The van der Waals surface area contributed by atoms with E-state index in [2.05, 4.69) is 0 Å². The first-order valence-electron chi connectivity index (χ1n) is 3.28. The number of hydrogen-bond acceptors (Lipinski definition) is 1. The molecule has 1 aromatic carbocycles. The van der Waals surface area contributed by atoms with E-state index in [1.54, 1.807) is 13.0 Å². The van der Waals surface area contributed by atoms with E-state index < -0.39 is 5.91 Å². The van der Waals surface area contributed by atoms with Crippen LogP contribution >= 0.6 is 23.2 Å². The highest BCUT2D eigenvalue weighted by atomic mass is 35.5. The molecule has 2 N–H and O–H groups in total. The van der Waals surface area contributed by atoms with Gasteiger partial charge < -0.3 is 5.73 Å². The Hall–Kier alpha value is -0.730. The van der Waals surface area contributed by atoms with Gasteiger partial charge in [0.2, 0.25) is 5.91 Å². The average Bonchev–Trinajstić information content (AvgIpc) is 1.96. The predicted octanol–water partition coefficient (Wildman–Crippen LogP) is 2.40. The van der Waals surface area contributed by atoms with Gasteiger partial charge in [-0.05, 0) is 24.6 Å². The number of carbonyl (C=O) groups excluding carboxylic acids is 1. The van der Waals surface area contributed by atoms with E-state index in [1.807, 2.05) is 0 Å². The van der Waals surface area contributed by atoms with Crippen molar-refractivity contribution in [3.8, 4) is 0 Å². The van der Waals surface area contributed by atoms with E-state index in [0.717, 1.165) is 5.56 Å². The highest BCUT2D eigenvalue weighted by Gasteiger charge is 2.08. The van der Waals surface area contributed by atoms with Crippen LogP contribution in [0.5, 0.6) is 0 Å². The van der Waals surface area contributed by atoms with Gasteiger partial charge in [0.05, 0.1) is 10.6 Å². The second-order valence-corrected chi connectivity index (χ2v) is 3.26. The summed E-state index contributed by atoms with van der Waals surface area (Å²) in [5.41, 5.74) is 6.13. The topological polar surface area (TPSA) is 43.1 Å². The van der Waals surface area contributed by atoms with Gasteiger partial charge in [-0.3, -0.25) is 4.79 Å². The molecule has 1 aromatic rings. The molecule has 0 bridgehead atoms. The number of amides is 1. The zero-order valence-electron chi connectivity index (χ0n) is 6.40. The highest BCUT2D eigenvalue weighted by Crippen LogP contribution is 2.24. The van der Waals surface area contributed by atoms with Crippen LogP contribution < -0.4 is 5.73 Å². The van der Waals surface area contributed by atoms with Gasteiger partial charge >= 0.3 is 0 Å². The lowest BCUT2D eigenvalue weighted by Gasteiger charge is -2.02. The first-order chi connectivity index (χ1) is 5.52. The lowest BCUT2D eigenvalue weighted by molar-refractivity contribution is 0.100. The first-order valence-corrected chi connectivity index (χ1v) is 4.03. The number of benzene rings is 1. The molecule has 0 saturated heterocycles. The standard InChI is InChI=1S/C8H7Cl2NO/c1-4-2-7(10)5(8(11)12)3-6(4)9/h2-3H,1H3,(H2,11,12). The fraction of sp³-hybridized carbons (Fsp3) is 0.125.